The van der Waals surface area contributed by atoms with Crippen molar-refractivity contribution in [3.63, 3.8) is 0 Å². The van der Waals surface area contributed by atoms with Gasteiger partial charge in [-0.25, -0.2) is 4.39 Å². The van der Waals surface area contributed by atoms with Crippen molar-refractivity contribution in [3.8, 4) is 0 Å². The van der Waals surface area contributed by atoms with Gasteiger partial charge in [0.25, 0.3) is 0 Å². The number of unbranched alkanes of at least 4 members (excludes halogenated alkanes) is 2. The molecule has 3 rings (SSSR count). The summed E-state index contributed by atoms with van der Waals surface area (Å²) in [4.78, 5) is 8.47. The number of rotatable bonds is 6. The van der Waals surface area contributed by atoms with Gasteiger partial charge in [0.15, 0.2) is 0 Å². The molecule has 0 fully saturated rings. The van der Waals surface area contributed by atoms with Crippen molar-refractivity contribution in [1.29, 1.82) is 0 Å². The van der Waals surface area contributed by atoms with Crippen LogP contribution in [0.3, 0.4) is 0 Å². The molecule has 2 nitrogen and oxygen atoms in total. The van der Waals surface area contributed by atoms with Crippen LogP contribution in [0.15, 0.2) is 48.8 Å². The highest BCUT2D eigenvalue weighted by Crippen LogP contribution is 2.17. The minimum atomic E-state index is -0.249. The fourth-order valence-electron chi connectivity index (χ4n) is 2.85. The first-order valence-corrected chi connectivity index (χ1v) is 8.16. The first kappa shape index (κ1) is 15.6. The summed E-state index contributed by atoms with van der Waals surface area (Å²) in [5.41, 5.74) is 4.45. The molecule has 3 heteroatoms. The predicted octanol–water partition coefficient (Wildman–Crippen LogP) is 5.03. The van der Waals surface area contributed by atoms with Gasteiger partial charge in [0.05, 0.1) is 11.7 Å². The highest BCUT2D eigenvalue weighted by Gasteiger charge is 2.00. The van der Waals surface area contributed by atoms with Crippen molar-refractivity contribution < 1.29 is 4.39 Å². The fraction of sp³-hybridized carbons (Fsp3) is 0.300. The molecule has 0 atom stereocenters. The zero-order valence-corrected chi connectivity index (χ0v) is 13.4. The second-order valence-corrected chi connectivity index (χ2v) is 6.05. The SMILES string of the molecule is Cc1ccc2ccc(CCCCCc3cncc(F)c3)cc2n1. The third kappa shape index (κ3) is 4.35. The van der Waals surface area contributed by atoms with E-state index in [1.165, 1.54) is 17.1 Å². The van der Waals surface area contributed by atoms with Crippen LogP contribution in [-0.2, 0) is 12.8 Å². The molecule has 0 saturated heterocycles. The second-order valence-electron chi connectivity index (χ2n) is 6.05. The summed E-state index contributed by atoms with van der Waals surface area (Å²) < 4.78 is 13.1. The number of fused-ring (bicyclic) bond motifs is 1. The number of hydrogen-bond donors (Lipinski definition) is 0. The molecule has 23 heavy (non-hydrogen) atoms. The molecule has 0 radical (unpaired) electrons. The maximum absolute atomic E-state index is 13.1. The second kappa shape index (κ2) is 7.32. The van der Waals surface area contributed by atoms with Crippen LogP contribution in [0.4, 0.5) is 4.39 Å². The lowest BCUT2D eigenvalue weighted by Gasteiger charge is -2.05. The van der Waals surface area contributed by atoms with E-state index in [2.05, 4.69) is 34.2 Å². The number of aromatic nitrogens is 2. The average Bonchev–Trinajstić information content (AvgIpc) is 2.54. The largest absolute Gasteiger partial charge is 0.261 e. The van der Waals surface area contributed by atoms with E-state index in [1.54, 1.807) is 12.3 Å². The maximum Gasteiger partial charge on any atom is 0.141 e. The third-order valence-corrected chi connectivity index (χ3v) is 4.09. The topological polar surface area (TPSA) is 25.8 Å². The molecule has 0 saturated carbocycles. The van der Waals surface area contributed by atoms with Crippen LogP contribution in [0.5, 0.6) is 0 Å². The van der Waals surface area contributed by atoms with Crippen molar-refractivity contribution >= 4 is 10.9 Å². The van der Waals surface area contributed by atoms with E-state index in [9.17, 15) is 4.39 Å². The Balaban J connectivity index is 1.49. The van der Waals surface area contributed by atoms with Crippen molar-refractivity contribution in [3.05, 3.63) is 71.4 Å². The Kier molecular flexibility index (Phi) is 4.96. The van der Waals surface area contributed by atoms with E-state index in [0.29, 0.717) is 0 Å². The highest BCUT2D eigenvalue weighted by molar-refractivity contribution is 5.79. The van der Waals surface area contributed by atoms with Gasteiger partial charge in [-0.1, -0.05) is 24.6 Å². The molecule has 0 aliphatic carbocycles. The molecule has 0 aliphatic heterocycles. The predicted molar refractivity (Wildman–Crippen MR) is 91.9 cm³/mol. The Morgan fingerprint density at radius 1 is 0.870 bits per heavy atom. The quantitative estimate of drug-likeness (QED) is 0.597. The minimum absolute atomic E-state index is 0.249. The number of aryl methyl sites for hydroxylation is 3. The molecule has 3 aromatic rings. The van der Waals surface area contributed by atoms with Gasteiger partial charge in [0, 0.05) is 17.3 Å². The summed E-state index contributed by atoms with van der Waals surface area (Å²) in [5, 5.41) is 1.19. The van der Waals surface area contributed by atoms with E-state index in [4.69, 9.17) is 0 Å². The van der Waals surface area contributed by atoms with Gasteiger partial charge in [-0.05, 0) is 61.9 Å². The molecule has 1 aromatic carbocycles. The molecule has 0 spiro atoms. The molecular formula is C20H21FN2. The normalized spacial score (nSPS) is 11.0. The van der Waals surface area contributed by atoms with Gasteiger partial charge in [0.2, 0.25) is 0 Å². The van der Waals surface area contributed by atoms with Crippen LogP contribution in [-0.4, -0.2) is 9.97 Å². The number of benzene rings is 1. The van der Waals surface area contributed by atoms with Gasteiger partial charge in [0.1, 0.15) is 5.82 Å². The van der Waals surface area contributed by atoms with Crippen LogP contribution in [0, 0.1) is 12.7 Å². The first-order valence-electron chi connectivity index (χ1n) is 8.16. The van der Waals surface area contributed by atoms with E-state index >= 15 is 0 Å². The molecule has 0 aliphatic rings. The lowest BCUT2D eigenvalue weighted by Crippen LogP contribution is -1.91. The minimum Gasteiger partial charge on any atom is -0.261 e. The summed E-state index contributed by atoms with van der Waals surface area (Å²) >= 11 is 0. The molecule has 0 unspecified atom stereocenters. The van der Waals surface area contributed by atoms with E-state index in [0.717, 1.165) is 48.9 Å². The molecule has 2 aromatic heterocycles. The van der Waals surface area contributed by atoms with E-state index in [-0.39, 0.29) is 5.82 Å². The Morgan fingerprint density at radius 2 is 1.65 bits per heavy atom. The number of hydrogen-bond acceptors (Lipinski definition) is 2. The Morgan fingerprint density at radius 3 is 2.48 bits per heavy atom. The summed E-state index contributed by atoms with van der Waals surface area (Å²) in [6.45, 7) is 2.02. The van der Waals surface area contributed by atoms with E-state index in [1.807, 2.05) is 13.0 Å². The molecule has 0 N–H and O–H groups in total. The van der Waals surface area contributed by atoms with Gasteiger partial charge in [-0.2, -0.15) is 0 Å². The monoisotopic (exact) mass is 308 g/mol. The van der Waals surface area contributed by atoms with Gasteiger partial charge >= 0.3 is 0 Å². The highest BCUT2D eigenvalue weighted by atomic mass is 19.1. The van der Waals surface area contributed by atoms with Gasteiger partial charge < -0.3 is 0 Å². The van der Waals surface area contributed by atoms with Crippen LogP contribution < -0.4 is 0 Å². The lowest BCUT2D eigenvalue weighted by atomic mass is 10.0. The third-order valence-electron chi connectivity index (χ3n) is 4.09. The van der Waals surface area contributed by atoms with Crippen molar-refractivity contribution in [2.45, 2.75) is 39.0 Å². The van der Waals surface area contributed by atoms with Gasteiger partial charge in [-0.3, -0.25) is 9.97 Å². The average molecular weight is 308 g/mol. The maximum atomic E-state index is 13.1. The van der Waals surface area contributed by atoms with Gasteiger partial charge in [-0.15, -0.1) is 0 Å². The smallest absolute Gasteiger partial charge is 0.141 e. The summed E-state index contributed by atoms with van der Waals surface area (Å²) in [6.07, 6.45) is 8.29. The standard InChI is InChI=1S/C20H21FN2/c1-15-7-9-18-10-8-16(12-20(18)23-15)5-3-2-4-6-17-11-19(21)14-22-13-17/h7-14H,2-6H2,1H3. The van der Waals surface area contributed by atoms with Crippen LogP contribution in [0.25, 0.3) is 10.9 Å². The van der Waals surface area contributed by atoms with E-state index < -0.39 is 0 Å². The number of halogens is 1. The van der Waals surface area contributed by atoms with Crippen molar-refractivity contribution in [1.82, 2.24) is 9.97 Å². The van der Waals surface area contributed by atoms with Crippen molar-refractivity contribution in [2.24, 2.45) is 0 Å². The zero-order valence-electron chi connectivity index (χ0n) is 13.4. The lowest BCUT2D eigenvalue weighted by molar-refractivity contribution is 0.614. The van der Waals surface area contributed by atoms with Crippen LogP contribution >= 0.6 is 0 Å². The van der Waals surface area contributed by atoms with Crippen molar-refractivity contribution in [2.75, 3.05) is 0 Å². The fourth-order valence-corrected chi connectivity index (χ4v) is 2.85. The Labute approximate surface area is 136 Å². The molecular weight excluding hydrogens is 287 g/mol. The summed E-state index contributed by atoms with van der Waals surface area (Å²) in [6, 6.07) is 12.3. The summed E-state index contributed by atoms with van der Waals surface area (Å²) in [7, 11) is 0. The summed E-state index contributed by atoms with van der Waals surface area (Å²) in [5.74, 6) is -0.249. The molecule has 118 valence electrons. The zero-order chi connectivity index (χ0) is 16.1. The molecule has 2 heterocycles. The first-order chi connectivity index (χ1) is 11.2. The van der Waals surface area contributed by atoms with Crippen LogP contribution in [0.1, 0.15) is 36.1 Å². The van der Waals surface area contributed by atoms with Crippen LogP contribution in [0.2, 0.25) is 0 Å². The molecule has 0 bridgehead atoms. The Bertz CT molecular complexity index is 799. The number of nitrogens with zero attached hydrogens (tertiary/aromatic N) is 2. The number of pyridine rings is 2. The molecule has 0 amide bonds. The Hall–Kier alpha value is -2.29.